The Hall–Kier alpha value is -2.91. The van der Waals surface area contributed by atoms with Gasteiger partial charge in [0, 0.05) is 42.9 Å². The van der Waals surface area contributed by atoms with E-state index in [1.165, 1.54) is 17.1 Å². The van der Waals surface area contributed by atoms with Crippen LogP contribution in [0.15, 0.2) is 24.0 Å². The van der Waals surface area contributed by atoms with E-state index >= 15 is 0 Å². The van der Waals surface area contributed by atoms with Gasteiger partial charge in [0.2, 0.25) is 11.7 Å². The van der Waals surface area contributed by atoms with Crippen molar-refractivity contribution in [1.82, 2.24) is 26.6 Å². The van der Waals surface area contributed by atoms with Gasteiger partial charge in [0.25, 0.3) is 5.91 Å². The number of ether oxygens (including phenoxy) is 6. The average molecular weight is 997 g/mol. The maximum absolute atomic E-state index is 13.6. The Bertz CT molecular complexity index is 1900. The molecule has 16 N–H and O–H groups in total. The number of aliphatic carboxylic acids is 1. The van der Waals surface area contributed by atoms with Crippen LogP contribution in [0.1, 0.15) is 60.0 Å². The molecule has 4 aliphatic heterocycles. The number of hydrogen-bond donors (Lipinski definition) is 15. The number of carboxylic acid groups (broad SMARTS) is 1. The van der Waals surface area contributed by atoms with Crippen molar-refractivity contribution < 1.29 is 129 Å². The second-order valence-electron chi connectivity index (χ2n) is 17.8. The number of aliphatic hydroxyl groups is 9. The zero-order valence-electron chi connectivity index (χ0n) is 38.5. The summed E-state index contributed by atoms with van der Waals surface area (Å²) in [5.74, 6) is -6.49. The Morgan fingerprint density at radius 1 is 0.957 bits per heavy atom. The van der Waals surface area contributed by atoms with Crippen molar-refractivity contribution in [3.8, 4) is 5.75 Å². The van der Waals surface area contributed by atoms with Crippen LogP contribution in [-0.4, -0.2) is 211 Å². The minimum absolute atomic E-state index is 0. The van der Waals surface area contributed by atoms with Gasteiger partial charge < -0.3 is 111 Å². The predicted octanol–water partition coefficient (Wildman–Crippen LogP) is -10.1. The van der Waals surface area contributed by atoms with Crippen molar-refractivity contribution in [2.45, 2.75) is 150 Å². The number of benzene rings is 1. The maximum atomic E-state index is 13.6. The molecule has 26 nitrogen and oxygen atoms in total. The summed E-state index contributed by atoms with van der Waals surface area (Å²) in [4.78, 5) is 39.7. The topological polar surface area (TPSA) is 409 Å². The Labute approximate surface area is 418 Å². The van der Waals surface area contributed by atoms with Crippen molar-refractivity contribution in [2.24, 2.45) is 11.7 Å². The van der Waals surface area contributed by atoms with Gasteiger partial charge in [0.05, 0.1) is 38.1 Å². The van der Waals surface area contributed by atoms with Crippen LogP contribution in [0.4, 0.5) is 0 Å². The molecular formula is C42H65N6NaO20. The monoisotopic (exact) mass is 996 g/mol. The van der Waals surface area contributed by atoms with Gasteiger partial charge in [0.1, 0.15) is 79.3 Å². The van der Waals surface area contributed by atoms with E-state index in [4.69, 9.17) is 34.2 Å². The van der Waals surface area contributed by atoms with Gasteiger partial charge in [-0.2, -0.15) is 0 Å². The van der Waals surface area contributed by atoms with E-state index in [1.807, 2.05) is 0 Å². The Morgan fingerprint density at radius 2 is 1.61 bits per heavy atom. The molecule has 384 valence electrons. The van der Waals surface area contributed by atoms with Gasteiger partial charge >= 0.3 is 29.6 Å². The number of rotatable bonds is 19. The zero-order valence-corrected chi connectivity index (χ0v) is 40.5. The third-order valence-corrected chi connectivity index (χ3v) is 12.8. The van der Waals surface area contributed by atoms with Crippen LogP contribution in [0, 0.1) is 19.8 Å². The quantitative estimate of drug-likeness (QED) is 0.0572. The second-order valence-corrected chi connectivity index (χ2v) is 17.8. The Morgan fingerprint density at radius 3 is 2.25 bits per heavy atom. The standard InChI is InChI=1S/C42H66N6O20.Na/c1-18-10-21(11-19(2)29(18)53)38(60)44-13-24(51)30(54)37-28(45-27(52)15-48-14-22(46-47-48)20-6-4-3-5-7-20)23(50)12-42(68-37,41(61)62)64-17-26-31(55)32(56)34(58)40(66-26)67-36-25(16-49)65-39(63-9-8-43)35(59)33(36)57;/h10-11,14,20,23-26,28,30-37,39-40,46-47,49-51,53-59H,3-9,12-13,15-17,43H2,1-2H3,(H,44,60)(H,45,52)(H,61,62);/q;+1/p-1/t23-,24-,25?,26?,28-,30-,31+,32+,33-,34?,35?,36-,37?,39-,40+,42-;/m1./s1. The van der Waals surface area contributed by atoms with Gasteiger partial charge in [0.15, 0.2) is 12.6 Å². The Balaban J connectivity index is 0.00000888. The largest absolute Gasteiger partial charge is 1.00 e. The summed E-state index contributed by atoms with van der Waals surface area (Å²) in [7, 11) is 0. The molecule has 0 bridgehead atoms. The first-order valence-electron chi connectivity index (χ1n) is 22.5. The minimum atomic E-state index is -3.06. The summed E-state index contributed by atoms with van der Waals surface area (Å²) in [6.07, 6.45) is -20.5. The molecule has 5 aliphatic rings. The molecule has 4 heterocycles. The normalized spacial score (nSPS) is 35.0. The van der Waals surface area contributed by atoms with E-state index in [-0.39, 0.29) is 66.5 Å². The number of carboxylic acids is 1. The average Bonchev–Trinajstić information content (AvgIpc) is 3.79. The molecule has 1 aromatic rings. The predicted molar refractivity (Wildman–Crippen MR) is 225 cm³/mol. The van der Waals surface area contributed by atoms with E-state index in [0.29, 0.717) is 11.1 Å². The fourth-order valence-corrected chi connectivity index (χ4v) is 8.97. The van der Waals surface area contributed by atoms with E-state index in [0.717, 1.165) is 37.8 Å². The number of phenolic OH excluding ortho intramolecular Hbond substituents is 1. The molecule has 3 saturated heterocycles. The van der Waals surface area contributed by atoms with Crippen LogP contribution in [0.3, 0.4) is 0 Å². The number of hydrazine groups is 2. The molecule has 2 amide bonds. The number of phenols is 1. The summed E-state index contributed by atoms with van der Waals surface area (Å²) >= 11 is 0. The molecule has 1 saturated carbocycles. The molecule has 16 atom stereocenters. The number of aromatic hydroxyl groups is 1. The SMILES string of the molecule is Cc1cc(C(=O)NC[C@@H](O)[C@@H](O)C2O[C@@](OCC3O[C@@H](O[C@@H]4C(CO)O[C@@H](OCCN)C(O)[C@H]4O)C(O)[C@@H](O)[C@H]3O)(C(=O)[O-])C[C@@H](O)[C@H]2NC(=O)CN2C=C(C3CCCCC3)NN2)cc(C)c1O.[Na+]. The smallest absolute Gasteiger partial charge is 0.544 e. The van der Waals surface area contributed by atoms with Crippen molar-refractivity contribution in [2.75, 3.05) is 39.5 Å². The van der Waals surface area contributed by atoms with Gasteiger partial charge in [-0.15, -0.1) is 5.53 Å². The molecule has 0 spiro atoms. The van der Waals surface area contributed by atoms with E-state index < -0.39 is 142 Å². The van der Waals surface area contributed by atoms with Crippen LogP contribution in [0.2, 0.25) is 0 Å². The van der Waals surface area contributed by atoms with Crippen molar-refractivity contribution in [3.63, 3.8) is 0 Å². The molecule has 6 rings (SSSR count). The first-order valence-corrected chi connectivity index (χ1v) is 22.5. The maximum Gasteiger partial charge on any atom is 1.00 e. The van der Waals surface area contributed by atoms with Crippen LogP contribution in [-0.2, 0) is 38.0 Å². The van der Waals surface area contributed by atoms with Crippen molar-refractivity contribution in [1.29, 1.82) is 0 Å². The minimum Gasteiger partial charge on any atom is -0.544 e. The van der Waals surface area contributed by atoms with Crippen LogP contribution in [0.5, 0.6) is 5.75 Å². The molecule has 69 heavy (non-hydrogen) atoms. The number of aryl methyl sites for hydroxylation is 2. The number of allylic oxidation sites excluding steroid dienone is 1. The summed E-state index contributed by atoms with van der Waals surface area (Å²) in [6.45, 7) is 0.152. The van der Waals surface area contributed by atoms with E-state index in [1.54, 1.807) is 20.0 Å². The fourth-order valence-electron chi connectivity index (χ4n) is 8.97. The molecule has 1 aromatic carbocycles. The first-order chi connectivity index (χ1) is 32.3. The van der Waals surface area contributed by atoms with Gasteiger partial charge in [-0.05, 0) is 49.9 Å². The molecule has 1 aliphatic carbocycles. The number of hydrogen-bond acceptors (Lipinski definition) is 24. The van der Waals surface area contributed by atoms with Crippen LogP contribution in [0.25, 0.3) is 0 Å². The number of nitrogens with zero attached hydrogens (tertiary/aromatic N) is 1. The van der Waals surface area contributed by atoms with Crippen LogP contribution < -0.4 is 62.0 Å². The van der Waals surface area contributed by atoms with Crippen molar-refractivity contribution in [3.05, 3.63) is 40.7 Å². The third-order valence-electron chi connectivity index (χ3n) is 12.8. The summed E-state index contributed by atoms with van der Waals surface area (Å²) < 4.78 is 33.6. The van der Waals surface area contributed by atoms with Crippen LogP contribution >= 0.6 is 0 Å². The molecule has 0 radical (unpaired) electrons. The number of nitrogens with two attached hydrogens (primary N) is 1. The number of aliphatic hydroxyl groups excluding tert-OH is 9. The molecule has 4 fully saturated rings. The van der Waals surface area contributed by atoms with Gasteiger partial charge in [-0.3, -0.25) is 14.6 Å². The van der Waals surface area contributed by atoms with E-state index in [9.17, 15) is 70.6 Å². The zero-order chi connectivity index (χ0) is 49.6. The van der Waals surface area contributed by atoms with Crippen molar-refractivity contribution >= 4 is 17.8 Å². The van der Waals surface area contributed by atoms with Gasteiger partial charge in [-0.25, -0.2) is 0 Å². The number of amides is 2. The second kappa shape index (κ2) is 25.2. The number of carbonyl (C=O) groups excluding carboxylic acids is 3. The summed E-state index contributed by atoms with van der Waals surface area (Å²) in [5.41, 5.74) is 13.1. The molecular weight excluding hydrogens is 931 g/mol. The third kappa shape index (κ3) is 13.4. The molecule has 27 heteroatoms. The first kappa shape index (κ1) is 57.0. The molecule has 5 unspecified atom stereocenters. The summed E-state index contributed by atoms with van der Waals surface area (Å²) in [6, 6.07) is 1.11. The Kier molecular flexibility index (Phi) is 20.8. The van der Waals surface area contributed by atoms with E-state index in [2.05, 4.69) is 21.6 Å². The van der Waals surface area contributed by atoms with Gasteiger partial charge in [-0.1, -0.05) is 19.3 Å². The molecule has 0 aromatic heterocycles. The number of carbonyl (C=O) groups is 3. The number of nitrogens with one attached hydrogen (secondary N) is 4. The fraction of sp³-hybridized carbons (Fsp3) is 0.738. The summed E-state index contributed by atoms with van der Waals surface area (Å²) in [5, 5.41) is 128.